The summed E-state index contributed by atoms with van der Waals surface area (Å²) >= 11 is 0. The second-order valence-electron chi connectivity index (χ2n) is 6.04. The Balaban J connectivity index is 2.20. The molecular weight excluding hydrogens is 304 g/mol. The number of anilines is 1. The molecule has 1 fully saturated rings. The molecule has 2 heterocycles. The maximum absolute atomic E-state index is 14.5. The molecule has 2 aliphatic rings. The molecule has 0 bridgehead atoms. The fourth-order valence-corrected chi connectivity index (χ4v) is 3.74. The summed E-state index contributed by atoms with van der Waals surface area (Å²) in [6.07, 6.45) is 0.555. The average Bonchev–Trinajstić information content (AvgIpc) is 2.55. The lowest BCUT2D eigenvalue weighted by Crippen LogP contribution is -2.58. The van der Waals surface area contributed by atoms with E-state index in [2.05, 4.69) is 4.99 Å². The van der Waals surface area contributed by atoms with Gasteiger partial charge in [0.1, 0.15) is 24.1 Å². The molecule has 4 atom stereocenters. The third-order valence-corrected chi connectivity index (χ3v) is 4.73. The highest BCUT2D eigenvalue weighted by Crippen LogP contribution is 2.47. The summed E-state index contributed by atoms with van der Waals surface area (Å²) in [4.78, 5) is 4.21. The predicted octanol–water partition coefficient (Wildman–Crippen LogP) is 2.10. The molecule has 0 radical (unpaired) electrons. The molecule has 1 aromatic rings. The van der Waals surface area contributed by atoms with E-state index in [1.807, 2.05) is 6.92 Å². The number of rotatable bonds is 3. The Kier molecular flexibility index (Phi) is 4.14. The van der Waals surface area contributed by atoms with E-state index in [1.54, 1.807) is 0 Å². The zero-order chi connectivity index (χ0) is 16.6. The summed E-state index contributed by atoms with van der Waals surface area (Å²) in [7, 11) is 0. The standard InChI is InChI=1S/C16H21F2N3O2/c1-2-12-14-13(5-6-22-12)23-15(20)21-16(14,8-17)10-7-9(19)3-4-11(10)18/h3-4,7,12-14H,2,5-6,8,19H2,1H3,(H2,20,21)/t12-,13+,14-,16+/m0/s1. The number of nitrogen functional groups attached to an aromatic ring is 1. The average molecular weight is 325 g/mol. The Morgan fingerprint density at radius 3 is 2.87 bits per heavy atom. The number of alkyl halides is 1. The highest BCUT2D eigenvalue weighted by molar-refractivity contribution is 5.73. The van der Waals surface area contributed by atoms with Gasteiger partial charge in [0.25, 0.3) is 6.02 Å². The van der Waals surface area contributed by atoms with E-state index < -0.39 is 23.9 Å². The van der Waals surface area contributed by atoms with E-state index in [0.717, 1.165) is 0 Å². The van der Waals surface area contributed by atoms with Crippen molar-refractivity contribution in [1.29, 1.82) is 0 Å². The smallest absolute Gasteiger partial charge is 0.283 e. The first-order valence-electron chi connectivity index (χ1n) is 7.77. The third kappa shape index (κ3) is 2.52. The van der Waals surface area contributed by atoms with Crippen LogP contribution >= 0.6 is 0 Å². The van der Waals surface area contributed by atoms with Crippen molar-refractivity contribution in [2.75, 3.05) is 19.0 Å². The van der Waals surface area contributed by atoms with Crippen LogP contribution in [0.4, 0.5) is 14.5 Å². The molecule has 0 aromatic heterocycles. The van der Waals surface area contributed by atoms with Crippen molar-refractivity contribution in [2.45, 2.75) is 37.5 Å². The Labute approximate surface area is 133 Å². The van der Waals surface area contributed by atoms with Crippen molar-refractivity contribution in [1.82, 2.24) is 0 Å². The molecule has 23 heavy (non-hydrogen) atoms. The normalized spacial score (nSPS) is 33.5. The van der Waals surface area contributed by atoms with E-state index >= 15 is 0 Å². The van der Waals surface area contributed by atoms with Gasteiger partial charge in [-0.2, -0.15) is 0 Å². The first-order valence-corrected chi connectivity index (χ1v) is 7.77. The van der Waals surface area contributed by atoms with Crippen molar-refractivity contribution in [2.24, 2.45) is 16.6 Å². The van der Waals surface area contributed by atoms with Gasteiger partial charge in [-0.05, 0) is 24.6 Å². The summed E-state index contributed by atoms with van der Waals surface area (Å²) in [6.45, 7) is 1.53. The van der Waals surface area contributed by atoms with Gasteiger partial charge >= 0.3 is 0 Å². The number of halogens is 2. The third-order valence-electron chi connectivity index (χ3n) is 4.73. The van der Waals surface area contributed by atoms with Crippen molar-refractivity contribution < 1.29 is 18.3 Å². The van der Waals surface area contributed by atoms with Gasteiger partial charge in [-0.3, -0.25) is 0 Å². The summed E-state index contributed by atoms with van der Waals surface area (Å²) in [6, 6.07) is 3.96. The second-order valence-corrected chi connectivity index (χ2v) is 6.04. The number of hydrogen-bond donors (Lipinski definition) is 2. The quantitative estimate of drug-likeness (QED) is 0.834. The van der Waals surface area contributed by atoms with Crippen LogP contribution in [-0.2, 0) is 15.0 Å². The van der Waals surface area contributed by atoms with E-state index in [-0.39, 0.29) is 23.8 Å². The molecule has 5 nitrogen and oxygen atoms in total. The Bertz CT molecular complexity index is 625. The highest BCUT2D eigenvalue weighted by Gasteiger charge is 2.55. The summed E-state index contributed by atoms with van der Waals surface area (Å²) in [5.41, 5.74) is 10.5. The predicted molar refractivity (Wildman–Crippen MR) is 83.1 cm³/mol. The van der Waals surface area contributed by atoms with Gasteiger partial charge in [0.2, 0.25) is 0 Å². The van der Waals surface area contributed by atoms with Crippen molar-refractivity contribution >= 4 is 11.7 Å². The molecule has 4 N–H and O–H groups in total. The summed E-state index contributed by atoms with van der Waals surface area (Å²) in [5, 5.41) is 0. The second kappa shape index (κ2) is 5.96. The minimum atomic E-state index is -1.48. The monoisotopic (exact) mass is 325 g/mol. The molecule has 3 rings (SSSR count). The lowest BCUT2D eigenvalue weighted by Gasteiger charge is -2.49. The van der Waals surface area contributed by atoms with Crippen LogP contribution in [0.5, 0.6) is 0 Å². The molecule has 7 heteroatoms. The zero-order valence-corrected chi connectivity index (χ0v) is 13.0. The Morgan fingerprint density at radius 2 is 2.17 bits per heavy atom. The first-order chi connectivity index (χ1) is 11.0. The molecule has 2 aliphatic heterocycles. The lowest BCUT2D eigenvalue weighted by molar-refractivity contribution is -0.129. The van der Waals surface area contributed by atoms with Crippen LogP contribution in [-0.4, -0.2) is 31.5 Å². The SMILES string of the molecule is CC[C@@H]1OCC[C@H]2OC(N)=N[C@](CF)(c3cc(N)ccc3F)[C@@H]12. The van der Waals surface area contributed by atoms with Crippen LogP contribution < -0.4 is 11.5 Å². The van der Waals surface area contributed by atoms with Gasteiger partial charge in [-0.25, -0.2) is 13.8 Å². The highest BCUT2D eigenvalue weighted by atomic mass is 19.1. The minimum Gasteiger partial charge on any atom is -0.462 e. The molecule has 0 amide bonds. The van der Waals surface area contributed by atoms with E-state index in [9.17, 15) is 8.78 Å². The van der Waals surface area contributed by atoms with Crippen LogP contribution in [0.15, 0.2) is 23.2 Å². The van der Waals surface area contributed by atoms with Crippen LogP contribution in [0, 0.1) is 11.7 Å². The topological polar surface area (TPSA) is 82.9 Å². The first kappa shape index (κ1) is 16.0. The van der Waals surface area contributed by atoms with Gasteiger partial charge in [-0.1, -0.05) is 6.92 Å². The maximum atomic E-state index is 14.5. The van der Waals surface area contributed by atoms with E-state index in [1.165, 1.54) is 18.2 Å². The molecule has 0 saturated carbocycles. The molecule has 0 spiro atoms. The van der Waals surface area contributed by atoms with Crippen molar-refractivity contribution in [3.8, 4) is 0 Å². The number of amidine groups is 1. The molecule has 126 valence electrons. The van der Waals surface area contributed by atoms with Crippen molar-refractivity contribution in [3.63, 3.8) is 0 Å². The number of fused-ring (bicyclic) bond motifs is 1. The molecular formula is C16H21F2N3O2. The number of nitrogens with zero attached hydrogens (tertiary/aromatic N) is 1. The fraction of sp³-hybridized carbons (Fsp3) is 0.562. The Morgan fingerprint density at radius 1 is 1.39 bits per heavy atom. The number of hydrogen-bond acceptors (Lipinski definition) is 5. The number of nitrogens with two attached hydrogens (primary N) is 2. The number of ether oxygens (including phenoxy) is 2. The Hall–Kier alpha value is -1.89. The molecule has 1 aromatic carbocycles. The molecule has 0 unspecified atom stereocenters. The van der Waals surface area contributed by atoms with Crippen LogP contribution in [0.25, 0.3) is 0 Å². The molecule has 0 aliphatic carbocycles. The van der Waals surface area contributed by atoms with Gasteiger partial charge in [-0.15, -0.1) is 0 Å². The largest absolute Gasteiger partial charge is 0.462 e. The van der Waals surface area contributed by atoms with Gasteiger partial charge < -0.3 is 20.9 Å². The van der Waals surface area contributed by atoms with Crippen LogP contribution in [0.2, 0.25) is 0 Å². The summed E-state index contributed by atoms with van der Waals surface area (Å²) < 4.78 is 40.2. The van der Waals surface area contributed by atoms with Crippen LogP contribution in [0.1, 0.15) is 25.3 Å². The van der Waals surface area contributed by atoms with Crippen molar-refractivity contribution in [3.05, 3.63) is 29.6 Å². The van der Waals surface area contributed by atoms with Gasteiger partial charge in [0.05, 0.1) is 18.6 Å². The number of aliphatic imine (C=N–C) groups is 1. The maximum Gasteiger partial charge on any atom is 0.283 e. The zero-order valence-electron chi connectivity index (χ0n) is 13.0. The summed E-state index contributed by atoms with van der Waals surface area (Å²) in [5.74, 6) is -1.02. The minimum absolute atomic E-state index is 0.102. The van der Waals surface area contributed by atoms with Crippen LogP contribution in [0.3, 0.4) is 0 Å². The van der Waals surface area contributed by atoms with E-state index in [0.29, 0.717) is 25.1 Å². The lowest BCUT2D eigenvalue weighted by atomic mass is 9.70. The number of benzene rings is 1. The fourth-order valence-electron chi connectivity index (χ4n) is 3.74. The van der Waals surface area contributed by atoms with E-state index in [4.69, 9.17) is 20.9 Å². The molecule has 1 saturated heterocycles. The van der Waals surface area contributed by atoms with Gasteiger partial charge in [0, 0.05) is 17.7 Å². The van der Waals surface area contributed by atoms with Gasteiger partial charge in [0.15, 0.2) is 0 Å².